The van der Waals surface area contributed by atoms with Gasteiger partial charge in [-0.15, -0.1) is 0 Å². The molecule has 0 saturated carbocycles. The largest absolute Gasteiger partial charge is 0.321 e. The third kappa shape index (κ3) is 2.83. The van der Waals surface area contributed by atoms with Crippen LogP contribution in [0.3, 0.4) is 0 Å². The molecule has 1 aromatic carbocycles. The summed E-state index contributed by atoms with van der Waals surface area (Å²) in [5.41, 5.74) is 3.07. The van der Waals surface area contributed by atoms with Crippen LogP contribution in [0.4, 0.5) is 5.69 Å². The van der Waals surface area contributed by atoms with E-state index < -0.39 is 0 Å². The van der Waals surface area contributed by atoms with Crippen molar-refractivity contribution in [2.24, 2.45) is 0 Å². The number of hydrogen-bond donors (Lipinski definition) is 2. The normalized spacial score (nSPS) is 9.95. The number of anilines is 1. The molecule has 2 aromatic heterocycles. The zero-order valence-electron chi connectivity index (χ0n) is 11.4. The highest BCUT2D eigenvalue weighted by Gasteiger charge is 2.11. The Kier molecular flexibility index (Phi) is 3.62. The van der Waals surface area contributed by atoms with E-state index in [0.29, 0.717) is 22.6 Å². The van der Waals surface area contributed by atoms with Gasteiger partial charge in [-0.05, 0) is 42.5 Å². The third-order valence-electron chi connectivity index (χ3n) is 3.07. The first-order valence-corrected chi connectivity index (χ1v) is 6.53. The Balaban J connectivity index is 1.75. The summed E-state index contributed by atoms with van der Waals surface area (Å²) in [6, 6.07) is 14.0. The number of nitriles is 1. The summed E-state index contributed by atoms with van der Waals surface area (Å²) < 4.78 is 0. The second-order valence-electron chi connectivity index (χ2n) is 4.55. The van der Waals surface area contributed by atoms with Crippen molar-refractivity contribution in [2.45, 2.75) is 0 Å². The van der Waals surface area contributed by atoms with Crippen LogP contribution in [0.25, 0.3) is 11.3 Å². The fourth-order valence-corrected chi connectivity index (χ4v) is 1.94. The maximum absolute atomic E-state index is 12.2. The number of pyridine rings is 1. The second-order valence-corrected chi connectivity index (χ2v) is 4.55. The summed E-state index contributed by atoms with van der Waals surface area (Å²) in [5, 5.41) is 18.3. The van der Waals surface area contributed by atoms with Crippen molar-refractivity contribution in [3.63, 3.8) is 0 Å². The first kappa shape index (κ1) is 13.5. The molecule has 0 aliphatic rings. The molecule has 0 fully saturated rings. The predicted molar refractivity (Wildman–Crippen MR) is 80.9 cm³/mol. The molecule has 3 aromatic rings. The van der Waals surface area contributed by atoms with E-state index >= 15 is 0 Å². The molecule has 6 heteroatoms. The number of carbonyl (C=O) groups excluding carboxylic acids is 1. The topological polar surface area (TPSA) is 94.5 Å². The summed E-state index contributed by atoms with van der Waals surface area (Å²) in [6.45, 7) is 0. The smallest absolute Gasteiger partial charge is 0.273 e. The highest BCUT2D eigenvalue weighted by Crippen LogP contribution is 2.17. The van der Waals surface area contributed by atoms with Gasteiger partial charge in [0.15, 0.2) is 0 Å². The van der Waals surface area contributed by atoms with E-state index in [1.165, 1.54) is 0 Å². The number of benzene rings is 1. The van der Waals surface area contributed by atoms with Crippen LogP contribution in [0.5, 0.6) is 0 Å². The van der Waals surface area contributed by atoms with Crippen LogP contribution in [0, 0.1) is 11.3 Å². The van der Waals surface area contributed by atoms with Crippen LogP contribution < -0.4 is 5.32 Å². The van der Waals surface area contributed by atoms with Crippen molar-refractivity contribution >= 4 is 11.6 Å². The number of hydrogen-bond acceptors (Lipinski definition) is 4. The highest BCUT2D eigenvalue weighted by atomic mass is 16.1. The van der Waals surface area contributed by atoms with Crippen molar-refractivity contribution in [3.8, 4) is 17.3 Å². The number of nitrogens with one attached hydrogen (secondary N) is 2. The molecule has 0 aliphatic carbocycles. The fourth-order valence-electron chi connectivity index (χ4n) is 1.94. The number of H-pyrrole nitrogens is 1. The Bertz CT molecular complexity index is 831. The van der Waals surface area contributed by atoms with Crippen molar-refractivity contribution < 1.29 is 4.79 Å². The molecular formula is C16H11N5O. The van der Waals surface area contributed by atoms with E-state index in [1.54, 1.807) is 42.7 Å². The summed E-state index contributed by atoms with van der Waals surface area (Å²) >= 11 is 0. The van der Waals surface area contributed by atoms with Gasteiger partial charge < -0.3 is 5.32 Å². The molecule has 0 saturated heterocycles. The Labute approximate surface area is 126 Å². The molecular weight excluding hydrogens is 278 g/mol. The second kappa shape index (κ2) is 5.89. The van der Waals surface area contributed by atoms with Crippen molar-refractivity contribution in [2.75, 3.05) is 5.32 Å². The van der Waals surface area contributed by atoms with E-state index in [9.17, 15) is 4.79 Å². The lowest BCUT2D eigenvalue weighted by molar-refractivity contribution is 0.102. The van der Waals surface area contributed by atoms with E-state index in [1.807, 2.05) is 18.2 Å². The van der Waals surface area contributed by atoms with E-state index in [2.05, 4.69) is 20.5 Å². The molecule has 3 rings (SSSR count). The molecule has 0 unspecified atom stereocenters. The minimum Gasteiger partial charge on any atom is -0.321 e. The van der Waals surface area contributed by atoms with Gasteiger partial charge in [0.25, 0.3) is 5.91 Å². The predicted octanol–water partition coefficient (Wildman–Crippen LogP) is 2.60. The Morgan fingerprint density at radius 1 is 1.14 bits per heavy atom. The minimum absolute atomic E-state index is 0.294. The zero-order valence-corrected chi connectivity index (χ0v) is 11.4. The number of aromatic nitrogens is 3. The Morgan fingerprint density at radius 3 is 2.55 bits per heavy atom. The van der Waals surface area contributed by atoms with Gasteiger partial charge in [-0.2, -0.15) is 10.4 Å². The molecule has 0 atom stereocenters. The van der Waals surface area contributed by atoms with Gasteiger partial charge in [0, 0.05) is 23.6 Å². The van der Waals surface area contributed by atoms with Crippen LogP contribution in [0.15, 0.2) is 54.9 Å². The lowest BCUT2D eigenvalue weighted by Gasteiger charge is -2.02. The van der Waals surface area contributed by atoms with Crippen molar-refractivity contribution in [1.82, 2.24) is 15.2 Å². The van der Waals surface area contributed by atoms with Gasteiger partial charge in [0.1, 0.15) is 5.69 Å². The molecule has 1 amide bonds. The van der Waals surface area contributed by atoms with Gasteiger partial charge in [0.05, 0.1) is 17.3 Å². The number of nitrogens with zero attached hydrogens (tertiary/aromatic N) is 3. The Hall–Kier alpha value is -3.46. The summed E-state index contributed by atoms with van der Waals surface area (Å²) in [5.74, 6) is -0.294. The molecule has 2 heterocycles. The van der Waals surface area contributed by atoms with Gasteiger partial charge in [0.2, 0.25) is 0 Å². The van der Waals surface area contributed by atoms with E-state index in [-0.39, 0.29) is 5.91 Å². The summed E-state index contributed by atoms with van der Waals surface area (Å²) in [4.78, 5) is 16.1. The van der Waals surface area contributed by atoms with Gasteiger partial charge >= 0.3 is 0 Å². The molecule has 0 radical (unpaired) electrons. The zero-order chi connectivity index (χ0) is 15.4. The quantitative estimate of drug-likeness (QED) is 0.774. The molecule has 6 nitrogen and oxygen atoms in total. The first-order chi connectivity index (χ1) is 10.8. The third-order valence-corrected chi connectivity index (χ3v) is 3.07. The number of carbonyl (C=O) groups is 1. The number of aromatic amines is 1. The summed E-state index contributed by atoms with van der Waals surface area (Å²) in [6.07, 6.45) is 3.33. The van der Waals surface area contributed by atoms with E-state index in [4.69, 9.17) is 5.26 Å². The lowest BCUT2D eigenvalue weighted by atomic mass is 10.2. The monoisotopic (exact) mass is 289 g/mol. The first-order valence-electron chi connectivity index (χ1n) is 6.53. The minimum atomic E-state index is -0.294. The van der Waals surface area contributed by atoms with Crippen LogP contribution >= 0.6 is 0 Å². The lowest BCUT2D eigenvalue weighted by Crippen LogP contribution is -2.12. The van der Waals surface area contributed by atoms with E-state index in [0.717, 1.165) is 5.56 Å². The summed E-state index contributed by atoms with van der Waals surface area (Å²) in [7, 11) is 0. The number of amides is 1. The SMILES string of the molecule is N#Cc1ccc(NC(=O)c2cc(-c3ccncc3)n[nH]2)cc1. The molecule has 0 aliphatic heterocycles. The maximum atomic E-state index is 12.2. The average Bonchev–Trinajstić information content (AvgIpc) is 3.06. The maximum Gasteiger partial charge on any atom is 0.273 e. The number of rotatable bonds is 3. The van der Waals surface area contributed by atoms with Crippen molar-refractivity contribution in [3.05, 3.63) is 66.1 Å². The highest BCUT2D eigenvalue weighted by molar-refractivity contribution is 6.03. The Morgan fingerprint density at radius 2 is 1.86 bits per heavy atom. The molecule has 106 valence electrons. The van der Waals surface area contributed by atoms with Crippen LogP contribution in [0.1, 0.15) is 16.1 Å². The average molecular weight is 289 g/mol. The van der Waals surface area contributed by atoms with Crippen LogP contribution in [-0.4, -0.2) is 21.1 Å². The molecule has 22 heavy (non-hydrogen) atoms. The van der Waals surface area contributed by atoms with Gasteiger partial charge in [-0.25, -0.2) is 0 Å². The fraction of sp³-hybridized carbons (Fsp3) is 0. The van der Waals surface area contributed by atoms with Gasteiger partial charge in [-0.1, -0.05) is 0 Å². The molecule has 0 bridgehead atoms. The van der Waals surface area contributed by atoms with Crippen molar-refractivity contribution in [1.29, 1.82) is 5.26 Å². The molecule has 2 N–H and O–H groups in total. The molecule has 0 spiro atoms. The van der Waals surface area contributed by atoms with Crippen LogP contribution in [0.2, 0.25) is 0 Å². The van der Waals surface area contributed by atoms with Gasteiger partial charge in [-0.3, -0.25) is 14.9 Å². The van der Waals surface area contributed by atoms with Crippen LogP contribution in [-0.2, 0) is 0 Å². The standard InChI is InChI=1S/C16H11N5O/c17-10-11-1-3-13(4-2-11)19-16(22)15-9-14(20-21-15)12-5-7-18-8-6-12/h1-9H,(H,19,22)(H,20,21).